The van der Waals surface area contributed by atoms with Crippen LogP contribution < -0.4 is 4.74 Å². The fourth-order valence-corrected chi connectivity index (χ4v) is 2.21. The van der Waals surface area contributed by atoms with E-state index in [1.807, 2.05) is 24.3 Å². The Morgan fingerprint density at radius 2 is 1.81 bits per heavy atom. The first-order valence-electron chi connectivity index (χ1n) is 5.38. The maximum absolute atomic E-state index is 5.81. The Hall–Kier alpha value is -1.76. The second kappa shape index (κ2) is 3.67. The van der Waals surface area contributed by atoms with Crippen LogP contribution in [-0.4, -0.2) is 0 Å². The van der Waals surface area contributed by atoms with E-state index < -0.39 is 0 Å². The Kier molecular flexibility index (Phi) is 2.47. The van der Waals surface area contributed by atoms with Crippen molar-refractivity contribution in [3.05, 3.63) is 66.5 Å². The van der Waals surface area contributed by atoms with Crippen LogP contribution in [0.2, 0.25) is 0 Å². The number of hydrogen-bond acceptors (Lipinski definition) is 1. The first kappa shape index (κ1) is 10.7. The summed E-state index contributed by atoms with van der Waals surface area (Å²) in [6.07, 6.45) is 3.60. The second-order valence-corrected chi connectivity index (χ2v) is 4.41. The molecule has 0 saturated heterocycles. The van der Waals surface area contributed by atoms with Crippen LogP contribution in [0.3, 0.4) is 0 Å². The van der Waals surface area contributed by atoms with Gasteiger partial charge in [-0.1, -0.05) is 51.3 Å². The lowest BCUT2D eigenvalue weighted by Gasteiger charge is -2.34. The standard InChI is InChI=1S/C15H16O/c1-5-11-13(6-2)16-14-10-8-7-9-12(14)15(11,3)4/h5-10H,1-2H2,3-4H3. The van der Waals surface area contributed by atoms with Crippen LogP contribution in [0, 0.1) is 0 Å². The number of ether oxygens (including phenoxy) is 1. The molecule has 1 aromatic carbocycles. The van der Waals surface area contributed by atoms with Crippen molar-refractivity contribution in [3.63, 3.8) is 0 Å². The summed E-state index contributed by atoms with van der Waals surface area (Å²) in [5.74, 6) is 1.71. The molecule has 1 heterocycles. The summed E-state index contributed by atoms with van der Waals surface area (Å²) in [5.41, 5.74) is 2.19. The molecule has 1 heteroatoms. The zero-order chi connectivity index (χ0) is 11.8. The van der Waals surface area contributed by atoms with Crippen molar-refractivity contribution >= 4 is 0 Å². The van der Waals surface area contributed by atoms with Gasteiger partial charge in [0.25, 0.3) is 0 Å². The van der Waals surface area contributed by atoms with Crippen LogP contribution in [-0.2, 0) is 5.41 Å². The summed E-state index contributed by atoms with van der Waals surface area (Å²) in [6.45, 7) is 12.0. The highest BCUT2D eigenvalue weighted by atomic mass is 16.5. The molecule has 0 amide bonds. The molecule has 0 spiro atoms. The highest BCUT2D eigenvalue weighted by Crippen LogP contribution is 2.43. The fraction of sp³-hybridized carbons (Fsp3) is 0.200. The van der Waals surface area contributed by atoms with Crippen molar-refractivity contribution < 1.29 is 4.74 Å². The highest BCUT2D eigenvalue weighted by Gasteiger charge is 2.33. The average Bonchev–Trinajstić information content (AvgIpc) is 2.28. The summed E-state index contributed by atoms with van der Waals surface area (Å²) in [5, 5.41) is 0. The van der Waals surface area contributed by atoms with Gasteiger partial charge in [-0.15, -0.1) is 0 Å². The van der Waals surface area contributed by atoms with Gasteiger partial charge in [0.1, 0.15) is 11.5 Å². The normalized spacial score (nSPS) is 17.4. The van der Waals surface area contributed by atoms with Gasteiger partial charge in [0, 0.05) is 16.6 Å². The molecule has 0 aromatic heterocycles. The molecule has 1 aromatic rings. The second-order valence-electron chi connectivity index (χ2n) is 4.41. The van der Waals surface area contributed by atoms with Gasteiger partial charge in [0.2, 0.25) is 0 Å². The van der Waals surface area contributed by atoms with Crippen molar-refractivity contribution in [2.24, 2.45) is 0 Å². The van der Waals surface area contributed by atoms with E-state index in [0.717, 1.165) is 17.1 Å². The van der Waals surface area contributed by atoms with Gasteiger partial charge >= 0.3 is 0 Å². The molecule has 0 aliphatic carbocycles. The number of rotatable bonds is 2. The largest absolute Gasteiger partial charge is 0.457 e. The average molecular weight is 212 g/mol. The van der Waals surface area contributed by atoms with E-state index in [1.165, 1.54) is 5.56 Å². The Morgan fingerprint density at radius 1 is 1.12 bits per heavy atom. The van der Waals surface area contributed by atoms with Gasteiger partial charge in [-0.2, -0.15) is 0 Å². The molecule has 1 aliphatic rings. The minimum Gasteiger partial charge on any atom is -0.457 e. The van der Waals surface area contributed by atoms with Gasteiger partial charge in [0.15, 0.2) is 0 Å². The predicted octanol–water partition coefficient (Wildman–Crippen LogP) is 3.98. The van der Waals surface area contributed by atoms with E-state index in [1.54, 1.807) is 6.08 Å². The van der Waals surface area contributed by atoms with Gasteiger partial charge in [0.05, 0.1) is 0 Å². The van der Waals surface area contributed by atoms with Crippen molar-refractivity contribution in [1.82, 2.24) is 0 Å². The summed E-state index contributed by atoms with van der Waals surface area (Å²) in [6, 6.07) is 8.09. The van der Waals surface area contributed by atoms with Gasteiger partial charge in [-0.25, -0.2) is 0 Å². The summed E-state index contributed by atoms with van der Waals surface area (Å²) < 4.78 is 5.81. The molecule has 0 fully saturated rings. The lowest BCUT2D eigenvalue weighted by molar-refractivity contribution is 0.388. The van der Waals surface area contributed by atoms with Gasteiger partial charge in [-0.05, 0) is 12.1 Å². The minimum atomic E-state index is -0.0832. The van der Waals surface area contributed by atoms with Crippen LogP contribution in [0.15, 0.2) is 60.9 Å². The molecular formula is C15H16O. The molecule has 1 nitrogen and oxygen atoms in total. The van der Waals surface area contributed by atoms with Crippen LogP contribution in [0.5, 0.6) is 5.75 Å². The predicted molar refractivity (Wildman–Crippen MR) is 67.5 cm³/mol. The Labute approximate surface area is 96.8 Å². The molecule has 16 heavy (non-hydrogen) atoms. The summed E-state index contributed by atoms with van der Waals surface area (Å²) in [4.78, 5) is 0. The Bertz CT molecular complexity index is 478. The van der Waals surface area contributed by atoms with Gasteiger partial charge < -0.3 is 4.74 Å². The summed E-state index contributed by atoms with van der Waals surface area (Å²) in [7, 11) is 0. The molecular weight excluding hydrogens is 196 g/mol. The smallest absolute Gasteiger partial charge is 0.131 e. The highest BCUT2D eigenvalue weighted by molar-refractivity contribution is 5.53. The zero-order valence-corrected chi connectivity index (χ0v) is 9.79. The lowest BCUT2D eigenvalue weighted by atomic mass is 9.75. The molecule has 0 radical (unpaired) electrons. The van der Waals surface area contributed by atoms with E-state index in [0.29, 0.717) is 0 Å². The maximum Gasteiger partial charge on any atom is 0.131 e. The third kappa shape index (κ3) is 1.40. The molecule has 1 aliphatic heterocycles. The molecule has 0 bridgehead atoms. The van der Waals surface area contributed by atoms with E-state index in [4.69, 9.17) is 4.74 Å². The minimum absolute atomic E-state index is 0.0832. The van der Waals surface area contributed by atoms with Crippen molar-refractivity contribution in [2.75, 3.05) is 0 Å². The molecule has 82 valence electrons. The van der Waals surface area contributed by atoms with Crippen molar-refractivity contribution in [1.29, 1.82) is 0 Å². The number of fused-ring (bicyclic) bond motifs is 1. The SMILES string of the molecule is C=CC1=C(C=C)C(C)(C)c2ccccc2O1. The number of para-hydroxylation sites is 1. The monoisotopic (exact) mass is 212 g/mol. The van der Waals surface area contributed by atoms with Crippen LogP contribution in [0.25, 0.3) is 0 Å². The van der Waals surface area contributed by atoms with E-state index in [9.17, 15) is 0 Å². The van der Waals surface area contributed by atoms with Crippen LogP contribution in [0.4, 0.5) is 0 Å². The zero-order valence-electron chi connectivity index (χ0n) is 9.79. The third-order valence-corrected chi connectivity index (χ3v) is 3.11. The first-order valence-corrected chi connectivity index (χ1v) is 5.38. The number of hydrogen-bond donors (Lipinski definition) is 0. The molecule has 0 N–H and O–H groups in total. The van der Waals surface area contributed by atoms with Gasteiger partial charge in [-0.3, -0.25) is 0 Å². The van der Waals surface area contributed by atoms with E-state index in [-0.39, 0.29) is 5.41 Å². The van der Waals surface area contributed by atoms with Crippen LogP contribution >= 0.6 is 0 Å². The van der Waals surface area contributed by atoms with E-state index >= 15 is 0 Å². The topological polar surface area (TPSA) is 9.23 Å². The first-order chi connectivity index (χ1) is 7.61. The van der Waals surface area contributed by atoms with E-state index in [2.05, 4.69) is 33.1 Å². The molecule has 0 unspecified atom stereocenters. The van der Waals surface area contributed by atoms with Crippen molar-refractivity contribution in [2.45, 2.75) is 19.3 Å². The number of benzene rings is 1. The third-order valence-electron chi connectivity index (χ3n) is 3.11. The number of allylic oxidation sites excluding steroid dienone is 3. The molecule has 0 atom stereocenters. The maximum atomic E-state index is 5.81. The Morgan fingerprint density at radius 3 is 2.44 bits per heavy atom. The van der Waals surface area contributed by atoms with Crippen molar-refractivity contribution in [3.8, 4) is 5.75 Å². The summed E-state index contributed by atoms with van der Waals surface area (Å²) >= 11 is 0. The quantitative estimate of drug-likeness (QED) is 0.720. The molecule has 2 rings (SSSR count). The fourth-order valence-electron chi connectivity index (χ4n) is 2.21. The Balaban J connectivity index is 2.68. The molecule has 0 saturated carbocycles. The van der Waals surface area contributed by atoms with Crippen LogP contribution in [0.1, 0.15) is 19.4 Å². The lowest BCUT2D eigenvalue weighted by Crippen LogP contribution is -2.26.